The lowest BCUT2D eigenvalue weighted by Crippen LogP contribution is -2.37. The SMILES string of the molecule is COC(=O)C(C)(C)n1cc(C(C)(C)C)cn1. The summed E-state index contributed by atoms with van der Waals surface area (Å²) in [4.78, 5) is 11.6. The minimum Gasteiger partial charge on any atom is -0.467 e. The number of nitrogens with zero attached hydrogens (tertiary/aromatic N) is 2. The number of carbonyl (C=O) groups excluding carboxylic acids is 1. The van der Waals surface area contributed by atoms with E-state index in [4.69, 9.17) is 4.74 Å². The fourth-order valence-electron chi connectivity index (χ4n) is 1.36. The zero-order valence-corrected chi connectivity index (χ0v) is 10.9. The molecule has 0 saturated carbocycles. The molecule has 0 aliphatic carbocycles. The van der Waals surface area contributed by atoms with E-state index in [-0.39, 0.29) is 11.4 Å². The summed E-state index contributed by atoms with van der Waals surface area (Å²) in [5.41, 5.74) is 0.368. The maximum atomic E-state index is 11.6. The molecule has 1 heterocycles. The molecule has 4 nitrogen and oxygen atoms in total. The smallest absolute Gasteiger partial charge is 0.333 e. The van der Waals surface area contributed by atoms with Crippen LogP contribution in [0, 0.1) is 0 Å². The van der Waals surface area contributed by atoms with Gasteiger partial charge in [0.25, 0.3) is 0 Å². The van der Waals surface area contributed by atoms with Gasteiger partial charge in [-0.25, -0.2) is 4.79 Å². The molecule has 4 heteroatoms. The van der Waals surface area contributed by atoms with E-state index in [1.807, 2.05) is 6.20 Å². The Kier molecular flexibility index (Phi) is 3.13. The van der Waals surface area contributed by atoms with E-state index in [9.17, 15) is 4.79 Å². The molecule has 0 aliphatic heterocycles. The summed E-state index contributed by atoms with van der Waals surface area (Å²) in [6, 6.07) is 0. The third-order valence-corrected chi connectivity index (χ3v) is 2.71. The lowest BCUT2D eigenvalue weighted by Gasteiger charge is -2.22. The van der Waals surface area contributed by atoms with Crippen molar-refractivity contribution in [1.29, 1.82) is 0 Å². The second-order valence-corrected chi connectivity index (χ2v) is 5.47. The van der Waals surface area contributed by atoms with E-state index in [1.165, 1.54) is 7.11 Å². The average Bonchev–Trinajstić information content (AvgIpc) is 2.64. The predicted molar refractivity (Wildman–Crippen MR) is 62.3 cm³/mol. The van der Waals surface area contributed by atoms with Gasteiger partial charge in [0.1, 0.15) is 0 Å². The van der Waals surface area contributed by atoms with Crippen LogP contribution in [0.2, 0.25) is 0 Å². The lowest BCUT2D eigenvalue weighted by atomic mass is 9.90. The number of methoxy groups -OCH3 is 1. The molecule has 0 spiro atoms. The van der Waals surface area contributed by atoms with Gasteiger partial charge in [-0.15, -0.1) is 0 Å². The Morgan fingerprint density at radius 3 is 2.25 bits per heavy atom. The Morgan fingerprint density at radius 1 is 1.31 bits per heavy atom. The van der Waals surface area contributed by atoms with E-state index >= 15 is 0 Å². The third-order valence-electron chi connectivity index (χ3n) is 2.71. The normalized spacial score (nSPS) is 12.6. The first kappa shape index (κ1) is 12.7. The summed E-state index contributed by atoms with van der Waals surface area (Å²) in [7, 11) is 1.39. The summed E-state index contributed by atoms with van der Waals surface area (Å²) in [5.74, 6) is -0.295. The molecule has 0 aromatic carbocycles. The Labute approximate surface area is 96.6 Å². The molecule has 0 aliphatic rings. The second-order valence-electron chi connectivity index (χ2n) is 5.47. The van der Waals surface area contributed by atoms with Crippen LogP contribution in [-0.4, -0.2) is 22.9 Å². The Morgan fingerprint density at radius 2 is 1.88 bits per heavy atom. The molecule has 0 radical (unpaired) electrons. The van der Waals surface area contributed by atoms with Gasteiger partial charge < -0.3 is 4.74 Å². The first-order valence-electron chi connectivity index (χ1n) is 5.33. The van der Waals surface area contributed by atoms with E-state index in [2.05, 4.69) is 25.9 Å². The summed E-state index contributed by atoms with van der Waals surface area (Å²) in [6.45, 7) is 9.91. The van der Waals surface area contributed by atoms with Gasteiger partial charge in [-0.1, -0.05) is 20.8 Å². The summed E-state index contributed by atoms with van der Waals surface area (Å²) in [6.07, 6.45) is 3.70. The fourth-order valence-corrected chi connectivity index (χ4v) is 1.36. The van der Waals surface area contributed by atoms with Crippen molar-refractivity contribution < 1.29 is 9.53 Å². The maximum Gasteiger partial charge on any atom is 0.333 e. The molecule has 0 bridgehead atoms. The number of esters is 1. The van der Waals surface area contributed by atoms with Crippen LogP contribution in [0.25, 0.3) is 0 Å². The highest BCUT2D eigenvalue weighted by molar-refractivity contribution is 5.77. The molecule has 0 saturated heterocycles. The zero-order chi connectivity index (χ0) is 12.6. The van der Waals surface area contributed by atoms with Gasteiger partial charge in [-0.05, 0) is 24.8 Å². The molecule has 16 heavy (non-hydrogen) atoms. The van der Waals surface area contributed by atoms with Crippen molar-refractivity contribution in [3.8, 4) is 0 Å². The fraction of sp³-hybridized carbons (Fsp3) is 0.667. The number of aromatic nitrogens is 2. The van der Waals surface area contributed by atoms with Crippen LogP contribution < -0.4 is 0 Å². The second kappa shape index (κ2) is 3.92. The quantitative estimate of drug-likeness (QED) is 0.722. The molecule has 1 aromatic heterocycles. The highest BCUT2D eigenvalue weighted by Gasteiger charge is 2.32. The Hall–Kier alpha value is -1.32. The van der Waals surface area contributed by atoms with Crippen molar-refractivity contribution in [2.24, 2.45) is 0 Å². The van der Waals surface area contributed by atoms with Gasteiger partial charge >= 0.3 is 5.97 Å². The summed E-state index contributed by atoms with van der Waals surface area (Å²) in [5, 5.41) is 4.24. The van der Waals surface area contributed by atoms with Gasteiger partial charge in [-0.2, -0.15) is 5.10 Å². The molecular formula is C12H20N2O2. The van der Waals surface area contributed by atoms with Crippen molar-refractivity contribution in [2.75, 3.05) is 7.11 Å². The molecule has 90 valence electrons. The lowest BCUT2D eigenvalue weighted by molar-refractivity contribution is -0.150. The van der Waals surface area contributed by atoms with Crippen LogP contribution in [0.3, 0.4) is 0 Å². The van der Waals surface area contributed by atoms with Gasteiger partial charge in [0, 0.05) is 6.20 Å². The van der Waals surface area contributed by atoms with Crippen LogP contribution in [0.1, 0.15) is 40.2 Å². The number of ether oxygens (including phenoxy) is 1. The largest absolute Gasteiger partial charge is 0.467 e. The van der Waals surface area contributed by atoms with Crippen LogP contribution in [0.4, 0.5) is 0 Å². The number of carbonyl (C=O) groups is 1. The summed E-state index contributed by atoms with van der Waals surface area (Å²) >= 11 is 0. The van der Waals surface area contributed by atoms with Gasteiger partial charge in [-0.3, -0.25) is 4.68 Å². The first-order chi connectivity index (χ1) is 7.19. The average molecular weight is 224 g/mol. The number of hydrogen-bond acceptors (Lipinski definition) is 3. The minimum absolute atomic E-state index is 0.0322. The van der Waals surface area contributed by atoms with Crippen molar-refractivity contribution in [3.05, 3.63) is 18.0 Å². The van der Waals surface area contributed by atoms with Gasteiger partial charge in [0.15, 0.2) is 5.54 Å². The maximum absolute atomic E-state index is 11.6. The van der Waals surface area contributed by atoms with Crippen molar-refractivity contribution >= 4 is 5.97 Å². The summed E-state index contributed by atoms with van der Waals surface area (Å²) < 4.78 is 6.42. The molecule has 1 aromatic rings. The van der Waals surface area contributed by atoms with Crippen LogP contribution in [0.15, 0.2) is 12.4 Å². The van der Waals surface area contributed by atoms with E-state index < -0.39 is 5.54 Å². The molecule has 0 amide bonds. The predicted octanol–water partition coefficient (Wildman–Crippen LogP) is 2.09. The molecular weight excluding hydrogens is 204 g/mol. The first-order valence-corrected chi connectivity index (χ1v) is 5.33. The Balaban J connectivity index is 3.07. The molecule has 0 fully saturated rings. The van der Waals surface area contributed by atoms with Gasteiger partial charge in [0.2, 0.25) is 0 Å². The van der Waals surface area contributed by atoms with Crippen molar-refractivity contribution in [2.45, 2.75) is 45.6 Å². The highest BCUT2D eigenvalue weighted by atomic mass is 16.5. The number of rotatable bonds is 2. The molecule has 1 rings (SSSR count). The topological polar surface area (TPSA) is 44.1 Å². The molecule has 0 N–H and O–H groups in total. The van der Waals surface area contributed by atoms with E-state index in [0.717, 1.165) is 5.56 Å². The van der Waals surface area contributed by atoms with E-state index in [0.29, 0.717) is 0 Å². The molecule has 0 atom stereocenters. The monoisotopic (exact) mass is 224 g/mol. The highest BCUT2D eigenvalue weighted by Crippen LogP contribution is 2.24. The molecule has 0 unspecified atom stereocenters. The van der Waals surface area contributed by atoms with E-state index in [1.54, 1.807) is 24.7 Å². The number of hydrogen-bond donors (Lipinski definition) is 0. The van der Waals surface area contributed by atoms with Crippen molar-refractivity contribution in [3.63, 3.8) is 0 Å². The standard InChI is InChI=1S/C12H20N2O2/c1-11(2,3)9-7-13-14(8-9)12(4,5)10(15)16-6/h7-8H,1-6H3. The van der Waals surface area contributed by atoms with Crippen molar-refractivity contribution in [1.82, 2.24) is 9.78 Å². The third kappa shape index (κ3) is 2.26. The van der Waals surface area contributed by atoms with Crippen LogP contribution >= 0.6 is 0 Å². The Bertz CT molecular complexity index is 386. The van der Waals surface area contributed by atoms with Crippen LogP contribution in [0.5, 0.6) is 0 Å². The van der Waals surface area contributed by atoms with Gasteiger partial charge in [0.05, 0.1) is 13.3 Å². The minimum atomic E-state index is -0.766. The van der Waals surface area contributed by atoms with Crippen LogP contribution in [-0.2, 0) is 20.5 Å². The zero-order valence-electron chi connectivity index (χ0n) is 10.9.